The number of hydrogen-bond donors (Lipinski definition) is 1. The normalized spacial score (nSPS) is 20.1. The molecule has 0 radical (unpaired) electrons. The maximum atomic E-state index is 13.4. The number of ether oxygens (including phenoxy) is 1. The van der Waals surface area contributed by atoms with Gasteiger partial charge in [-0.05, 0) is 54.4 Å². The second-order valence-electron chi connectivity index (χ2n) is 8.51. The third-order valence-corrected chi connectivity index (χ3v) is 8.63. The molecule has 1 fully saturated rings. The van der Waals surface area contributed by atoms with E-state index in [1.165, 1.54) is 32.9 Å². The molecule has 1 N–H and O–H groups in total. The van der Waals surface area contributed by atoms with Gasteiger partial charge in [0.05, 0.1) is 16.8 Å². The Morgan fingerprint density at radius 3 is 2.21 bits per heavy atom. The monoisotopic (exact) mass is 516 g/mol. The van der Waals surface area contributed by atoms with Crippen LogP contribution in [0.5, 0.6) is 5.75 Å². The van der Waals surface area contributed by atoms with Crippen LogP contribution in [0.4, 0.5) is 5.69 Å². The molecule has 1 saturated heterocycles. The Bertz CT molecular complexity index is 1150. The maximum absolute atomic E-state index is 13.4. The van der Waals surface area contributed by atoms with Crippen molar-refractivity contribution in [2.75, 3.05) is 30.2 Å². The lowest BCUT2D eigenvalue weighted by atomic mass is 10.1. The number of aliphatic hydroxyl groups is 1. The molecule has 2 atom stereocenters. The average molecular weight is 517 g/mol. The van der Waals surface area contributed by atoms with Crippen LogP contribution >= 0.6 is 11.6 Å². The van der Waals surface area contributed by atoms with Crippen molar-refractivity contribution >= 4 is 37.3 Å². The molecule has 3 rings (SSSR count). The van der Waals surface area contributed by atoms with Crippen LogP contribution in [0.1, 0.15) is 20.3 Å². The SMILES string of the molecule is CC(C)CN(c1ccc(Cl)cc1)S(=O)(=O)c1ccc(O[C@H]2CCN(S(C)(=O)=O)C[C@@H]2O)cc1. The topological polar surface area (TPSA) is 104 Å². The molecule has 2 aromatic rings. The van der Waals surface area contributed by atoms with Gasteiger partial charge in [0.15, 0.2) is 0 Å². The summed E-state index contributed by atoms with van der Waals surface area (Å²) in [5, 5.41) is 10.8. The predicted octanol–water partition coefficient (Wildman–Crippen LogP) is 2.96. The molecule has 1 heterocycles. The molecule has 11 heteroatoms. The quantitative estimate of drug-likeness (QED) is 0.578. The fourth-order valence-corrected chi connectivity index (χ4v) is 6.21. The number of anilines is 1. The molecule has 0 aliphatic carbocycles. The first kappa shape index (κ1) is 25.8. The van der Waals surface area contributed by atoms with Gasteiger partial charge in [0.2, 0.25) is 10.0 Å². The molecule has 182 valence electrons. The van der Waals surface area contributed by atoms with Gasteiger partial charge in [-0.3, -0.25) is 4.31 Å². The largest absolute Gasteiger partial charge is 0.488 e. The summed E-state index contributed by atoms with van der Waals surface area (Å²) in [5.41, 5.74) is 0.522. The van der Waals surface area contributed by atoms with Gasteiger partial charge in [-0.25, -0.2) is 16.8 Å². The number of halogens is 1. The fraction of sp³-hybridized carbons (Fsp3) is 0.455. The minimum atomic E-state index is -3.83. The van der Waals surface area contributed by atoms with E-state index >= 15 is 0 Å². The van der Waals surface area contributed by atoms with Crippen molar-refractivity contribution in [2.45, 2.75) is 37.4 Å². The first-order chi connectivity index (χ1) is 15.4. The molecule has 0 unspecified atom stereocenters. The first-order valence-electron chi connectivity index (χ1n) is 10.6. The van der Waals surface area contributed by atoms with Gasteiger partial charge < -0.3 is 9.84 Å². The summed E-state index contributed by atoms with van der Waals surface area (Å²) >= 11 is 5.96. The van der Waals surface area contributed by atoms with Gasteiger partial charge in [0.25, 0.3) is 10.0 Å². The Labute approximate surface area is 200 Å². The summed E-state index contributed by atoms with van der Waals surface area (Å²) in [4.78, 5) is 0.109. The van der Waals surface area contributed by atoms with Crippen LogP contribution in [-0.4, -0.2) is 64.3 Å². The highest BCUT2D eigenvalue weighted by Gasteiger charge is 2.33. The highest BCUT2D eigenvalue weighted by atomic mass is 35.5. The lowest BCUT2D eigenvalue weighted by Crippen LogP contribution is -2.50. The van der Waals surface area contributed by atoms with Gasteiger partial charge in [0, 0.05) is 31.1 Å². The van der Waals surface area contributed by atoms with Crippen molar-refractivity contribution in [1.82, 2.24) is 4.31 Å². The van der Waals surface area contributed by atoms with Crippen molar-refractivity contribution in [3.05, 3.63) is 53.6 Å². The van der Waals surface area contributed by atoms with Gasteiger partial charge in [-0.2, -0.15) is 4.31 Å². The maximum Gasteiger partial charge on any atom is 0.264 e. The van der Waals surface area contributed by atoms with E-state index in [1.807, 2.05) is 13.8 Å². The van der Waals surface area contributed by atoms with Crippen LogP contribution in [0, 0.1) is 5.92 Å². The Morgan fingerprint density at radius 2 is 1.70 bits per heavy atom. The van der Waals surface area contributed by atoms with Gasteiger partial charge in [-0.15, -0.1) is 0 Å². The standard InChI is InChI=1S/C22H29ClN2O6S2/c1-16(2)14-25(18-6-4-17(23)5-7-18)33(29,30)20-10-8-19(9-11-20)31-22-12-13-24(15-21(22)26)32(3,27)28/h4-11,16,21-22,26H,12-15H2,1-3H3/t21-,22-/m0/s1. The number of aliphatic hydroxyl groups excluding tert-OH is 1. The van der Waals surface area contributed by atoms with E-state index in [2.05, 4.69) is 0 Å². The van der Waals surface area contributed by atoms with Crippen LogP contribution in [0.25, 0.3) is 0 Å². The predicted molar refractivity (Wildman–Crippen MR) is 129 cm³/mol. The third kappa shape index (κ3) is 6.39. The zero-order valence-corrected chi connectivity index (χ0v) is 21.1. The van der Waals surface area contributed by atoms with Crippen molar-refractivity contribution < 1.29 is 26.7 Å². The van der Waals surface area contributed by atoms with E-state index in [-0.39, 0.29) is 23.9 Å². The van der Waals surface area contributed by atoms with Crippen LogP contribution in [-0.2, 0) is 20.0 Å². The van der Waals surface area contributed by atoms with E-state index in [9.17, 15) is 21.9 Å². The number of benzene rings is 2. The Kier molecular flexibility index (Phi) is 7.95. The van der Waals surface area contributed by atoms with E-state index < -0.39 is 32.3 Å². The molecule has 33 heavy (non-hydrogen) atoms. The van der Waals surface area contributed by atoms with Gasteiger partial charge >= 0.3 is 0 Å². The number of nitrogens with zero attached hydrogens (tertiary/aromatic N) is 2. The van der Waals surface area contributed by atoms with E-state index in [0.29, 0.717) is 29.4 Å². The number of hydrogen-bond acceptors (Lipinski definition) is 6. The molecule has 8 nitrogen and oxygen atoms in total. The molecular formula is C22H29ClN2O6S2. The summed E-state index contributed by atoms with van der Waals surface area (Å²) < 4.78 is 58.5. The van der Waals surface area contributed by atoms with Crippen LogP contribution < -0.4 is 9.04 Å². The molecule has 0 aromatic heterocycles. The molecule has 2 aromatic carbocycles. The Morgan fingerprint density at radius 1 is 1.09 bits per heavy atom. The number of rotatable bonds is 8. The Hall–Kier alpha value is -1.85. The van der Waals surface area contributed by atoms with E-state index in [0.717, 1.165) is 6.26 Å². The molecule has 0 bridgehead atoms. The molecular weight excluding hydrogens is 488 g/mol. The fourth-order valence-electron chi connectivity index (χ4n) is 3.59. The number of β-amino-alcohol motifs (C(OH)–C–C–N with tert-alkyl or cyclic N) is 1. The number of piperidine rings is 1. The molecule has 1 aliphatic rings. The summed E-state index contributed by atoms with van der Waals surface area (Å²) in [5.74, 6) is 0.491. The molecule has 1 aliphatic heterocycles. The summed E-state index contributed by atoms with van der Waals surface area (Å²) in [6.45, 7) is 4.39. The lowest BCUT2D eigenvalue weighted by Gasteiger charge is -2.34. The molecule has 0 spiro atoms. The highest BCUT2D eigenvalue weighted by Crippen LogP contribution is 2.28. The summed E-state index contributed by atoms with van der Waals surface area (Å²) in [6, 6.07) is 12.6. The second-order valence-corrected chi connectivity index (χ2v) is 12.8. The minimum Gasteiger partial charge on any atom is -0.488 e. The second kappa shape index (κ2) is 10.2. The summed E-state index contributed by atoms with van der Waals surface area (Å²) in [6.07, 6.45) is -0.139. The third-order valence-electron chi connectivity index (χ3n) is 5.30. The van der Waals surface area contributed by atoms with Crippen molar-refractivity contribution in [1.29, 1.82) is 0 Å². The van der Waals surface area contributed by atoms with Crippen LogP contribution in [0.3, 0.4) is 0 Å². The number of sulfonamides is 2. The zero-order valence-electron chi connectivity index (χ0n) is 18.8. The minimum absolute atomic E-state index is 0.0405. The summed E-state index contributed by atoms with van der Waals surface area (Å²) in [7, 11) is -7.21. The van der Waals surface area contributed by atoms with E-state index in [4.69, 9.17) is 16.3 Å². The van der Waals surface area contributed by atoms with Crippen LogP contribution in [0.15, 0.2) is 53.4 Å². The molecule has 0 saturated carbocycles. The smallest absolute Gasteiger partial charge is 0.264 e. The average Bonchev–Trinajstić information content (AvgIpc) is 2.73. The Balaban J connectivity index is 1.77. The van der Waals surface area contributed by atoms with Crippen molar-refractivity contribution in [3.8, 4) is 5.75 Å². The first-order valence-corrected chi connectivity index (χ1v) is 14.2. The van der Waals surface area contributed by atoms with Crippen molar-refractivity contribution in [2.24, 2.45) is 5.92 Å². The van der Waals surface area contributed by atoms with Crippen molar-refractivity contribution in [3.63, 3.8) is 0 Å². The lowest BCUT2D eigenvalue weighted by molar-refractivity contribution is -0.00449. The molecule has 0 amide bonds. The van der Waals surface area contributed by atoms with E-state index in [1.54, 1.807) is 24.3 Å². The van der Waals surface area contributed by atoms with Gasteiger partial charge in [-0.1, -0.05) is 25.4 Å². The zero-order chi connectivity index (χ0) is 24.4. The van der Waals surface area contributed by atoms with Crippen LogP contribution in [0.2, 0.25) is 5.02 Å². The van der Waals surface area contributed by atoms with Gasteiger partial charge in [0.1, 0.15) is 18.0 Å². The highest BCUT2D eigenvalue weighted by molar-refractivity contribution is 7.92.